The van der Waals surface area contributed by atoms with Crippen LogP contribution in [0.3, 0.4) is 0 Å². The second-order valence-electron chi connectivity index (χ2n) is 4.54. The summed E-state index contributed by atoms with van der Waals surface area (Å²) in [5.41, 5.74) is 3.81. The number of halogens is 1. The SMILES string of the molecule is Cl.c1ccc(C(c2ccccc2)c2cccnc2)cc1. The minimum atomic E-state index is 0. The minimum Gasteiger partial charge on any atom is -0.264 e. The van der Waals surface area contributed by atoms with Gasteiger partial charge in [0.15, 0.2) is 0 Å². The summed E-state index contributed by atoms with van der Waals surface area (Å²) in [6.07, 6.45) is 3.77. The van der Waals surface area contributed by atoms with Crippen LogP contribution in [0.15, 0.2) is 85.2 Å². The number of rotatable bonds is 3. The highest BCUT2D eigenvalue weighted by molar-refractivity contribution is 5.85. The smallest absolute Gasteiger partial charge is 0.0355 e. The van der Waals surface area contributed by atoms with Crippen molar-refractivity contribution in [3.05, 3.63) is 102 Å². The third-order valence-corrected chi connectivity index (χ3v) is 3.28. The summed E-state index contributed by atoms with van der Waals surface area (Å²) in [6.45, 7) is 0. The molecule has 3 aromatic rings. The van der Waals surface area contributed by atoms with Crippen LogP contribution in [-0.4, -0.2) is 4.98 Å². The van der Waals surface area contributed by atoms with Crippen molar-refractivity contribution in [3.8, 4) is 0 Å². The molecule has 0 spiro atoms. The molecular weight excluding hydrogens is 266 g/mol. The molecule has 1 nitrogen and oxygen atoms in total. The van der Waals surface area contributed by atoms with Gasteiger partial charge in [-0.3, -0.25) is 4.98 Å². The van der Waals surface area contributed by atoms with Gasteiger partial charge in [0.2, 0.25) is 0 Å². The molecule has 20 heavy (non-hydrogen) atoms. The Morgan fingerprint density at radius 3 is 1.55 bits per heavy atom. The maximum absolute atomic E-state index is 4.26. The van der Waals surface area contributed by atoms with Crippen LogP contribution in [-0.2, 0) is 0 Å². The number of pyridine rings is 1. The number of aromatic nitrogens is 1. The predicted octanol–water partition coefficient (Wildman–Crippen LogP) is 4.68. The lowest BCUT2D eigenvalue weighted by Crippen LogP contribution is -2.03. The van der Waals surface area contributed by atoms with Gasteiger partial charge in [-0.1, -0.05) is 66.7 Å². The standard InChI is InChI=1S/C18H15N.ClH/c1-3-8-15(9-4-1)18(16-10-5-2-6-11-16)17-12-7-13-19-14-17;/h1-14,18H;1H. The van der Waals surface area contributed by atoms with Gasteiger partial charge < -0.3 is 0 Å². The summed E-state index contributed by atoms with van der Waals surface area (Å²) < 4.78 is 0. The Bertz CT molecular complexity index is 529. The van der Waals surface area contributed by atoms with Crippen LogP contribution < -0.4 is 0 Å². The van der Waals surface area contributed by atoms with Crippen molar-refractivity contribution in [2.24, 2.45) is 0 Å². The molecule has 0 aliphatic heterocycles. The maximum atomic E-state index is 4.26. The van der Waals surface area contributed by atoms with E-state index in [1.54, 1.807) is 0 Å². The Morgan fingerprint density at radius 1 is 0.600 bits per heavy atom. The maximum Gasteiger partial charge on any atom is 0.0355 e. The fourth-order valence-electron chi connectivity index (χ4n) is 2.42. The van der Waals surface area contributed by atoms with Crippen molar-refractivity contribution < 1.29 is 0 Å². The average Bonchev–Trinajstić information content (AvgIpc) is 2.51. The zero-order valence-corrected chi connectivity index (χ0v) is 11.8. The zero-order chi connectivity index (χ0) is 12.9. The van der Waals surface area contributed by atoms with E-state index in [1.807, 2.05) is 18.5 Å². The van der Waals surface area contributed by atoms with E-state index in [-0.39, 0.29) is 18.3 Å². The average molecular weight is 282 g/mol. The van der Waals surface area contributed by atoms with Gasteiger partial charge in [0.25, 0.3) is 0 Å². The van der Waals surface area contributed by atoms with E-state index >= 15 is 0 Å². The summed E-state index contributed by atoms with van der Waals surface area (Å²) in [6, 6.07) is 25.3. The van der Waals surface area contributed by atoms with Gasteiger partial charge >= 0.3 is 0 Å². The van der Waals surface area contributed by atoms with Gasteiger partial charge in [-0.15, -0.1) is 12.4 Å². The Balaban J connectivity index is 0.00000147. The Kier molecular flexibility index (Phi) is 4.91. The summed E-state index contributed by atoms with van der Waals surface area (Å²) >= 11 is 0. The predicted molar refractivity (Wildman–Crippen MR) is 85.3 cm³/mol. The van der Waals surface area contributed by atoms with E-state index in [1.165, 1.54) is 16.7 Å². The Hall–Kier alpha value is -2.12. The lowest BCUT2D eigenvalue weighted by molar-refractivity contribution is 0.963. The van der Waals surface area contributed by atoms with Crippen molar-refractivity contribution in [2.45, 2.75) is 5.92 Å². The third kappa shape index (κ3) is 3.06. The zero-order valence-electron chi connectivity index (χ0n) is 11.0. The van der Waals surface area contributed by atoms with Crippen molar-refractivity contribution in [2.75, 3.05) is 0 Å². The molecule has 1 aromatic heterocycles. The molecule has 2 aromatic carbocycles. The molecule has 100 valence electrons. The molecule has 0 N–H and O–H groups in total. The molecular formula is C18H16ClN. The third-order valence-electron chi connectivity index (χ3n) is 3.28. The van der Waals surface area contributed by atoms with Gasteiger partial charge in [-0.2, -0.15) is 0 Å². The molecule has 2 heteroatoms. The summed E-state index contributed by atoms with van der Waals surface area (Å²) in [4.78, 5) is 4.26. The fraction of sp³-hybridized carbons (Fsp3) is 0.0556. The molecule has 0 atom stereocenters. The van der Waals surface area contributed by atoms with Crippen molar-refractivity contribution in [3.63, 3.8) is 0 Å². The molecule has 0 aliphatic rings. The van der Waals surface area contributed by atoms with Crippen LogP contribution in [0.5, 0.6) is 0 Å². The second kappa shape index (κ2) is 6.88. The van der Waals surface area contributed by atoms with Gasteiger partial charge in [0.05, 0.1) is 0 Å². The van der Waals surface area contributed by atoms with Crippen LogP contribution in [0.1, 0.15) is 22.6 Å². The highest BCUT2D eigenvalue weighted by atomic mass is 35.5. The van der Waals surface area contributed by atoms with Crippen LogP contribution >= 0.6 is 12.4 Å². The van der Waals surface area contributed by atoms with Crippen LogP contribution in [0.25, 0.3) is 0 Å². The van der Waals surface area contributed by atoms with E-state index in [2.05, 4.69) is 71.7 Å². The topological polar surface area (TPSA) is 12.9 Å². The normalized spacial score (nSPS) is 10.1. The summed E-state index contributed by atoms with van der Waals surface area (Å²) in [5, 5.41) is 0. The highest BCUT2D eigenvalue weighted by Gasteiger charge is 2.15. The fourth-order valence-corrected chi connectivity index (χ4v) is 2.42. The lowest BCUT2D eigenvalue weighted by atomic mass is 9.86. The summed E-state index contributed by atoms with van der Waals surface area (Å²) in [7, 11) is 0. The largest absolute Gasteiger partial charge is 0.264 e. The molecule has 0 amide bonds. The quantitative estimate of drug-likeness (QED) is 0.679. The van der Waals surface area contributed by atoms with Gasteiger partial charge in [-0.05, 0) is 22.8 Å². The number of benzene rings is 2. The van der Waals surface area contributed by atoms with Crippen molar-refractivity contribution >= 4 is 12.4 Å². The van der Waals surface area contributed by atoms with E-state index < -0.39 is 0 Å². The number of hydrogen-bond acceptors (Lipinski definition) is 1. The molecule has 0 saturated heterocycles. The van der Waals surface area contributed by atoms with E-state index in [4.69, 9.17) is 0 Å². The molecule has 0 aliphatic carbocycles. The van der Waals surface area contributed by atoms with Gasteiger partial charge in [-0.25, -0.2) is 0 Å². The molecule has 0 radical (unpaired) electrons. The Labute approximate surface area is 125 Å². The monoisotopic (exact) mass is 281 g/mol. The van der Waals surface area contributed by atoms with Gasteiger partial charge in [0.1, 0.15) is 0 Å². The van der Waals surface area contributed by atoms with Crippen LogP contribution in [0.2, 0.25) is 0 Å². The van der Waals surface area contributed by atoms with Crippen molar-refractivity contribution in [1.82, 2.24) is 4.98 Å². The first-order chi connectivity index (χ1) is 9.45. The highest BCUT2D eigenvalue weighted by Crippen LogP contribution is 2.30. The molecule has 0 unspecified atom stereocenters. The van der Waals surface area contributed by atoms with Crippen molar-refractivity contribution in [1.29, 1.82) is 0 Å². The van der Waals surface area contributed by atoms with E-state index in [9.17, 15) is 0 Å². The van der Waals surface area contributed by atoms with E-state index in [0.717, 1.165) is 0 Å². The molecule has 0 bridgehead atoms. The second-order valence-corrected chi connectivity index (χ2v) is 4.54. The molecule has 0 fully saturated rings. The van der Waals surface area contributed by atoms with Gasteiger partial charge in [0, 0.05) is 18.3 Å². The van der Waals surface area contributed by atoms with Crippen LogP contribution in [0.4, 0.5) is 0 Å². The first-order valence-corrected chi connectivity index (χ1v) is 6.45. The first-order valence-electron chi connectivity index (χ1n) is 6.45. The minimum absolute atomic E-state index is 0. The molecule has 0 saturated carbocycles. The first kappa shape index (κ1) is 14.3. The molecule has 1 heterocycles. The summed E-state index contributed by atoms with van der Waals surface area (Å²) in [5.74, 6) is 0.246. The van der Waals surface area contributed by atoms with Crippen LogP contribution in [0, 0.1) is 0 Å². The lowest BCUT2D eigenvalue weighted by Gasteiger charge is -2.18. The number of nitrogens with zero attached hydrogens (tertiary/aromatic N) is 1. The van der Waals surface area contributed by atoms with E-state index in [0.29, 0.717) is 0 Å². The Morgan fingerprint density at radius 2 is 1.10 bits per heavy atom. The molecule has 3 rings (SSSR count). The number of hydrogen-bond donors (Lipinski definition) is 0.